The molecule has 160 valence electrons. The van der Waals surface area contributed by atoms with Gasteiger partial charge in [0, 0.05) is 4.88 Å². The molecule has 0 atom stereocenters. The third-order valence-corrected chi connectivity index (χ3v) is 7.44. The number of carbonyl (C=O) groups excluding carboxylic acids is 1. The molecule has 3 aromatic heterocycles. The van der Waals surface area contributed by atoms with E-state index in [4.69, 9.17) is 27.6 Å². The van der Waals surface area contributed by atoms with Crippen LogP contribution in [-0.4, -0.2) is 21.2 Å². The smallest absolute Gasteiger partial charge is 0.263 e. The molecule has 6 nitrogen and oxygen atoms in total. The van der Waals surface area contributed by atoms with Gasteiger partial charge in [0.25, 0.3) is 5.56 Å². The van der Waals surface area contributed by atoms with Crippen molar-refractivity contribution in [2.24, 2.45) is 0 Å². The van der Waals surface area contributed by atoms with E-state index in [-0.39, 0.29) is 28.8 Å². The number of halogens is 2. The molecule has 1 N–H and O–H groups in total. The van der Waals surface area contributed by atoms with Crippen LogP contribution in [0.3, 0.4) is 0 Å². The highest BCUT2D eigenvalue weighted by Gasteiger charge is 2.17. The number of nitrogens with zero attached hydrogens (tertiary/aromatic N) is 2. The molecule has 0 fully saturated rings. The summed E-state index contributed by atoms with van der Waals surface area (Å²) in [4.78, 5) is 32.1. The Kier molecular flexibility index (Phi) is 6.71. The number of furan rings is 1. The van der Waals surface area contributed by atoms with E-state index in [1.807, 2.05) is 13.0 Å². The number of hydrogen-bond donors (Lipinski definition) is 1. The van der Waals surface area contributed by atoms with Gasteiger partial charge >= 0.3 is 0 Å². The summed E-state index contributed by atoms with van der Waals surface area (Å²) in [6, 6.07) is 10.5. The standard InChI is InChI=1S/C21H17Cl2N3O3S2/c1-2-13-9-14-19(31-13)25-21(26(20(14)28)10-12-5-4-8-29-12)30-11-17(27)24-16-7-3-6-15(22)18(16)23/h3-9H,2,10-11H2,1H3,(H,24,27). The summed E-state index contributed by atoms with van der Waals surface area (Å²) in [5.74, 6) is 0.394. The minimum atomic E-state index is -0.284. The molecule has 0 spiro atoms. The van der Waals surface area contributed by atoms with E-state index < -0.39 is 0 Å². The predicted molar refractivity (Wildman–Crippen MR) is 127 cm³/mol. The van der Waals surface area contributed by atoms with Crippen LogP contribution in [0.2, 0.25) is 10.0 Å². The van der Waals surface area contributed by atoms with Gasteiger partial charge in [0.2, 0.25) is 5.91 Å². The number of aryl methyl sites for hydroxylation is 1. The molecule has 1 amide bonds. The molecular formula is C21H17Cl2N3O3S2. The second-order valence-electron chi connectivity index (χ2n) is 6.59. The number of thiophene rings is 1. The molecule has 4 rings (SSSR count). The molecule has 0 aliphatic carbocycles. The van der Waals surface area contributed by atoms with Crippen LogP contribution in [0.5, 0.6) is 0 Å². The van der Waals surface area contributed by atoms with E-state index in [0.717, 1.165) is 11.3 Å². The Morgan fingerprint density at radius 3 is 2.87 bits per heavy atom. The molecule has 0 aliphatic heterocycles. The normalized spacial score (nSPS) is 11.2. The Hall–Kier alpha value is -2.26. The lowest BCUT2D eigenvalue weighted by Crippen LogP contribution is -2.24. The lowest BCUT2D eigenvalue weighted by atomic mass is 10.3. The van der Waals surface area contributed by atoms with E-state index in [1.54, 1.807) is 36.6 Å². The van der Waals surface area contributed by atoms with Crippen LogP contribution in [0.1, 0.15) is 17.6 Å². The quantitative estimate of drug-likeness (QED) is 0.264. The lowest BCUT2D eigenvalue weighted by Gasteiger charge is -2.11. The van der Waals surface area contributed by atoms with Gasteiger partial charge in [0.1, 0.15) is 10.6 Å². The zero-order valence-electron chi connectivity index (χ0n) is 16.4. The summed E-state index contributed by atoms with van der Waals surface area (Å²) in [6.45, 7) is 2.27. The van der Waals surface area contributed by atoms with Crippen LogP contribution >= 0.6 is 46.3 Å². The third-order valence-electron chi connectivity index (χ3n) is 4.47. The fourth-order valence-electron chi connectivity index (χ4n) is 2.95. The molecule has 0 radical (unpaired) electrons. The number of anilines is 1. The average Bonchev–Trinajstić information content (AvgIpc) is 3.42. The largest absolute Gasteiger partial charge is 0.467 e. The topological polar surface area (TPSA) is 77.1 Å². The first-order valence-corrected chi connectivity index (χ1v) is 11.9. The molecule has 10 heteroatoms. The van der Waals surface area contributed by atoms with Crippen molar-refractivity contribution in [3.63, 3.8) is 0 Å². The number of carbonyl (C=O) groups is 1. The molecule has 31 heavy (non-hydrogen) atoms. The first-order valence-electron chi connectivity index (χ1n) is 9.38. The molecule has 1 aromatic carbocycles. The molecule has 0 bridgehead atoms. The second-order valence-corrected chi connectivity index (χ2v) is 9.43. The Labute approximate surface area is 196 Å². The number of aromatic nitrogens is 2. The first kappa shape index (κ1) is 22.0. The Morgan fingerprint density at radius 1 is 1.29 bits per heavy atom. The number of hydrogen-bond acceptors (Lipinski definition) is 6. The maximum absolute atomic E-state index is 13.2. The van der Waals surface area contributed by atoms with Crippen molar-refractivity contribution in [3.8, 4) is 0 Å². The van der Waals surface area contributed by atoms with Crippen LogP contribution < -0.4 is 10.9 Å². The fraction of sp³-hybridized carbons (Fsp3) is 0.190. The van der Waals surface area contributed by atoms with E-state index >= 15 is 0 Å². The summed E-state index contributed by atoms with van der Waals surface area (Å²) in [5, 5.41) is 4.41. The number of rotatable bonds is 7. The Morgan fingerprint density at radius 2 is 2.13 bits per heavy atom. The number of thioether (sulfide) groups is 1. The summed E-state index contributed by atoms with van der Waals surface area (Å²) < 4.78 is 6.95. The van der Waals surface area contributed by atoms with Gasteiger partial charge in [-0.15, -0.1) is 11.3 Å². The Balaban J connectivity index is 1.61. The highest BCUT2D eigenvalue weighted by atomic mass is 35.5. The van der Waals surface area contributed by atoms with Gasteiger partial charge in [0.15, 0.2) is 5.16 Å². The molecule has 4 aromatic rings. The molecule has 0 saturated heterocycles. The number of amides is 1. The first-order chi connectivity index (χ1) is 15.0. The van der Waals surface area contributed by atoms with Crippen molar-refractivity contribution in [3.05, 3.63) is 73.7 Å². The van der Waals surface area contributed by atoms with Crippen molar-refractivity contribution in [2.75, 3.05) is 11.1 Å². The average molecular weight is 494 g/mol. The van der Waals surface area contributed by atoms with Gasteiger partial charge in [-0.05, 0) is 36.8 Å². The maximum atomic E-state index is 13.2. The van der Waals surface area contributed by atoms with Gasteiger partial charge in [-0.2, -0.15) is 0 Å². The zero-order chi connectivity index (χ0) is 22.0. The molecule has 0 unspecified atom stereocenters. The second kappa shape index (κ2) is 9.48. The molecular weight excluding hydrogens is 477 g/mol. The SMILES string of the molecule is CCc1cc2c(=O)n(Cc3ccco3)c(SCC(=O)Nc3cccc(Cl)c3Cl)nc2s1. The van der Waals surface area contributed by atoms with E-state index in [0.29, 0.717) is 31.8 Å². The minimum absolute atomic E-state index is 0.0466. The van der Waals surface area contributed by atoms with Gasteiger partial charge < -0.3 is 9.73 Å². The van der Waals surface area contributed by atoms with Crippen LogP contribution in [0, 0.1) is 0 Å². The highest BCUT2D eigenvalue weighted by Crippen LogP contribution is 2.30. The summed E-state index contributed by atoms with van der Waals surface area (Å²) in [5.41, 5.74) is 0.278. The van der Waals surface area contributed by atoms with Crippen molar-refractivity contribution < 1.29 is 9.21 Å². The van der Waals surface area contributed by atoms with E-state index in [1.165, 1.54) is 27.7 Å². The van der Waals surface area contributed by atoms with Gasteiger partial charge in [-0.25, -0.2) is 4.98 Å². The van der Waals surface area contributed by atoms with E-state index in [2.05, 4.69) is 10.3 Å². The third kappa shape index (κ3) is 4.82. The monoisotopic (exact) mass is 493 g/mol. The van der Waals surface area contributed by atoms with Crippen molar-refractivity contribution >= 4 is 68.1 Å². The fourth-order valence-corrected chi connectivity index (χ4v) is 5.10. The lowest BCUT2D eigenvalue weighted by molar-refractivity contribution is -0.113. The summed E-state index contributed by atoms with van der Waals surface area (Å²) in [7, 11) is 0. The maximum Gasteiger partial charge on any atom is 0.263 e. The van der Waals surface area contributed by atoms with Crippen molar-refractivity contribution in [1.29, 1.82) is 0 Å². The minimum Gasteiger partial charge on any atom is -0.467 e. The number of benzene rings is 1. The molecule has 3 heterocycles. The van der Waals surface area contributed by atoms with Crippen LogP contribution in [0.25, 0.3) is 10.2 Å². The van der Waals surface area contributed by atoms with Gasteiger partial charge in [-0.1, -0.05) is 48.0 Å². The number of fused-ring (bicyclic) bond motifs is 1. The van der Waals surface area contributed by atoms with Gasteiger partial charge in [0.05, 0.1) is 39.7 Å². The van der Waals surface area contributed by atoms with E-state index in [9.17, 15) is 9.59 Å². The van der Waals surface area contributed by atoms with Crippen LogP contribution in [0.15, 0.2) is 57.0 Å². The summed E-state index contributed by atoms with van der Waals surface area (Å²) >= 11 is 14.8. The van der Waals surface area contributed by atoms with Crippen LogP contribution in [0.4, 0.5) is 5.69 Å². The molecule has 0 saturated carbocycles. The zero-order valence-corrected chi connectivity index (χ0v) is 19.5. The van der Waals surface area contributed by atoms with Crippen LogP contribution in [-0.2, 0) is 17.8 Å². The van der Waals surface area contributed by atoms with Gasteiger partial charge in [-0.3, -0.25) is 14.2 Å². The van der Waals surface area contributed by atoms with Crippen molar-refractivity contribution in [1.82, 2.24) is 9.55 Å². The van der Waals surface area contributed by atoms with Crippen molar-refractivity contribution in [2.45, 2.75) is 25.0 Å². The highest BCUT2D eigenvalue weighted by molar-refractivity contribution is 7.99. The molecule has 0 aliphatic rings. The predicted octanol–water partition coefficient (Wildman–Crippen LogP) is 5.70. The summed E-state index contributed by atoms with van der Waals surface area (Å²) in [6.07, 6.45) is 2.38. The Bertz CT molecular complexity index is 1300. The number of nitrogens with one attached hydrogen (secondary N) is 1.